The van der Waals surface area contributed by atoms with Crippen LogP contribution in [0, 0.1) is 0 Å². The molecule has 0 aliphatic rings. The van der Waals surface area contributed by atoms with Gasteiger partial charge in [-0.1, -0.05) is 162 Å². The van der Waals surface area contributed by atoms with E-state index in [0.717, 1.165) is 77.7 Å². The fourth-order valence-electron chi connectivity index (χ4n) is 9.04. The number of benzene rings is 7. The molecule has 4 nitrogen and oxygen atoms in total. The fourth-order valence-corrected chi connectivity index (χ4v) is 9.04. The molecule has 0 unspecified atom stereocenters. The molecule has 0 saturated carbocycles. The van der Waals surface area contributed by atoms with E-state index in [0.29, 0.717) is 11.4 Å². The second-order valence-electron chi connectivity index (χ2n) is 22.3. The van der Waals surface area contributed by atoms with Crippen LogP contribution in [0.25, 0.3) is 83.5 Å². The Balaban J connectivity index is 1.41. The van der Waals surface area contributed by atoms with Gasteiger partial charge in [0.2, 0.25) is 0 Å². The van der Waals surface area contributed by atoms with Crippen molar-refractivity contribution >= 4 is 21.9 Å². The quantitative estimate of drug-likeness (QED) is 0.181. The van der Waals surface area contributed by atoms with Gasteiger partial charge in [0.25, 0.3) is 0 Å². The van der Waals surface area contributed by atoms with Crippen LogP contribution in [0.1, 0.15) is 105 Å². The number of imidazole rings is 1. The maximum absolute atomic E-state index is 11.8. The SMILES string of the molecule is CC(C)(C)c1ccc(-c2cc(-c3cc(-c4ccccc4)cc(-c4cc(C(C)(C)C)cc5cccnc45)c3)c3nc(-c4cc(C(C)(C)C)ccc4O)n(-c4ccc(C(C)(C)C)cc4)c3c2)cc1. The van der Waals surface area contributed by atoms with E-state index in [1.165, 1.54) is 16.7 Å². The molecule has 9 rings (SSSR count). The first-order valence-corrected chi connectivity index (χ1v) is 23.4. The lowest BCUT2D eigenvalue weighted by Crippen LogP contribution is -2.11. The van der Waals surface area contributed by atoms with Crippen molar-refractivity contribution in [2.24, 2.45) is 0 Å². The van der Waals surface area contributed by atoms with Crippen molar-refractivity contribution in [2.45, 2.75) is 105 Å². The normalized spacial score (nSPS) is 12.6. The van der Waals surface area contributed by atoms with E-state index in [-0.39, 0.29) is 27.4 Å². The Kier molecular flexibility index (Phi) is 11.0. The summed E-state index contributed by atoms with van der Waals surface area (Å²) in [5.74, 6) is 0.878. The lowest BCUT2D eigenvalue weighted by atomic mass is 9.83. The largest absolute Gasteiger partial charge is 0.507 e. The Hall–Kier alpha value is -6.78. The minimum absolute atomic E-state index is 0.0155. The first-order valence-electron chi connectivity index (χ1n) is 23.4. The molecule has 0 spiro atoms. The molecule has 0 fully saturated rings. The van der Waals surface area contributed by atoms with Crippen LogP contribution in [0.15, 0.2) is 158 Å². The van der Waals surface area contributed by atoms with Gasteiger partial charge < -0.3 is 5.11 Å². The Morgan fingerprint density at radius 3 is 1.52 bits per heavy atom. The molecule has 4 heteroatoms. The van der Waals surface area contributed by atoms with Crippen molar-refractivity contribution < 1.29 is 5.11 Å². The number of phenols is 1. The first kappa shape index (κ1) is 44.4. The number of rotatable bonds is 6. The summed E-state index contributed by atoms with van der Waals surface area (Å²) < 4.78 is 2.26. The highest BCUT2D eigenvalue weighted by molar-refractivity contribution is 6.02. The number of phenolic OH excluding ortho intramolecular Hbond substituents is 1. The highest BCUT2D eigenvalue weighted by Gasteiger charge is 2.26. The molecule has 0 saturated heterocycles. The zero-order valence-electron chi connectivity index (χ0n) is 40.8. The third kappa shape index (κ3) is 8.58. The predicted octanol–water partition coefficient (Wildman–Crippen LogP) is 16.8. The van der Waals surface area contributed by atoms with Crippen LogP contribution in [0.2, 0.25) is 0 Å². The monoisotopic (exact) mass is 865 g/mol. The Morgan fingerprint density at radius 1 is 0.394 bits per heavy atom. The standard InChI is InChI=1S/C62H63N3O/c1-59(2,3)46-22-20-40(21-23-46)43-35-51(44-31-42(39-17-14-13-15-18-39)32-45(33-44)52-38-49(62(10,11)12)34-41-19-16-30-63-56(41)52)57-54(36-43)65(50-27-24-47(25-28-50)60(4,5)6)58(64-57)53-37-48(61(7,8)9)26-29-55(53)66/h13-38,66H,1-12H3. The number of hydrogen-bond donors (Lipinski definition) is 1. The lowest BCUT2D eigenvalue weighted by molar-refractivity contribution is 0.475. The number of hydrogen-bond acceptors (Lipinski definition) is 3. The van der Waals surface area contributed by atoms with Crippen molar-refractivity contribution in [1.82, 2.24) is 14.5 Å². The van der Waals surface area contributed by atoms with Gasteiger partial charge in [0.1, 0.15) is 11.6 Å². The lowest BCUT2D eigenvalue weighted by Gasteiger charge is -2.22. The zero-order valence-corrected chi connectivity index (χ0v) is 40.8. The van der Waals surface area contributed by atoms with Gasteiger partial charge in [0.15, 0.2) is 0 Å². The van der Waals surface area contributed by atoms with Crippen molar-refractivity contribution in [2.75, 3.05) is 0 Å². The van der Waals surface area contributed by atoms with E-state index in [2.05, 4.69) is 221 Å². The molecule has 0 radical (unpaired) electrons. The number of fused-ring (bicyclic) bond motifs is 2. The van der Waals surface area contributed by atoms with Crippen molar-refractivity contribution in [3.63, 3.8) is 0 Å². The van der Waals surface area contributed by atoms with Crippen LogP contribution in [-0.4, -0.2) is 19.6 Å². The van der Waals surface area contributed by atoms with Gasteiger partial charge in [-0.05, 0) is 150 Å². The highest BCUT2D eigenvalue weighted by Crippen LogP contribution is 2.44. The molecular formula is C62H63N3O. The molecule has 7 aromatic carbocycles. The van der Waals surface area contributed by atoms with E-state index in [9.17, 15) is 5.11 Å². The maximum atomic E-state index is 11.8. The summed E-state index contributed by atoms with van der Waals surface area (Å²) in [5.41, 5.74) is 17.8. The molecular weight excluding hydrogens is 803 g/mol. The van der Waals surface area contributed by atoms with E-state index in [4.69, 9.17) is 9.97 Å². The van der Waals surface area contributed by atoms with E-state index < -0.39 is 0 Å². The van der Waals surface area contributed by atoms with Crippen molar-refractivity contribution in [3.05, 3.63) is 180 Å². The average molecular weight is 866 g/mol. The van der Waals surface area contributed by atoms with E-state index in [1.54, 1.807) is 0 Å². The molecule has 0 bridgehead atoms. The van der Waals surface area contributed by atoms with Crippen LogP contribution < -0.4 is 0 Å². The van der Waals surface area contributed by atoms with Gasteiger partial charge in [-0.15, -0.1) is 0 Å². The van der Waals surface area contributed by atoms with Gasteiger partial charge in [-0.2, -0.15) is 0 Å². The van der Waals surface area contributed by atoms with Crippen LogP contribution >= 0.6 is 0 Å². The summed E-state index contributed by atoms with van der Waals surface area (Å²) in [6.45, 7) is 27.0. The minimum Gasteiger partial charge on any atom is -0.507 e. The van der Waals surface area contributed by atoms with Crippen LogP contribution in [0.5, 0.6) is 5.75 Å². The third-order valence-electron chi connectivity index (χ3n) is 13.2. The topological polar surface area (TPSA) is 50.9 Å². The van der Waals surface area contributed by atoms with Gasteiger partial charge in [-0.25, -0.2) is 4.98 Å². The summed E-state index contributed by atoms with van der Waals surface area (Å²) in [6.07, 6.45) is 1.90. The third-order valence-corrected chi connectivity index (χ3v) is 13.2. The van der Waals surface area contributed by atoms with Gasteiger partial charge >= 0.3 is 0 Å². The fraction of sp³-hybridized carbons (Fsp3) is 0.258. The van der Waals surface area contributed by atoms with Crippen molar-refractivity contribution in [1.29, 1.82) is 0 Å². The smallest absolute Gasteiger partial charge is 0.149 e. The molecule has 332 valence electrons. The van der Waals surface area contributed by atoms with Gasteiger partial charge in [-0.3, -0.25) is 9.55 Å². The number of pyridine rings is 1. The van der Waals surface area contributed by atoms with Crippen LogP contribution in [0.4, 0.5) is 0 Å². The number of aromatic hydroxyl groups is 1. The molecule has 2 aromatic heterocycles. The summed E-state index contributed by atoms with van der Waals surface area (Å²) in [4.78, 5) is 10.7. The Morgan fingerprint density at radius 2 is 0.909 bits per heavy atom. The number of nitrogens with zero attached hydrogens (tertiary/aromatic N) is 3. The summed E-state index contributed by atoms with van der Waals surface area (Å²) in [6, 6.07) is 54.9. The van der Waals surface area contributed by atoms with Crippen molar-refractivity contribution in [3.8, 4) is 67.3 Å². The summed E-state index contributed by atoms with van der Waals surface area (Å²) in [5, 5.41) is 13.0. The predicted molar refractivity (Wildman–Crippen MR) is 280 cm³/mol. The molecule has 66 heavy (non-hydrogen) atoms. The molecule has 0 aliphatic heterocycles. The highest BCUT2D eigenvalue weighted by atomic mass is 16.3. The second-order valence-corrected chi connectivity index (χ2v) is 22.3. The zero-order chi connectivity index (χ0) is 46.9. The second kappa shape index (κ2) is 16.3. The molecule has 0 atom stereocenters. The molecule has 0 amide bonds. The molecule has 0 aliphatic carbocycles. The van der Waals surface area contributed by atoms with Crippen LogP contribution in [-0.2, 0) is 21.7 Å². The maximum Gasteiger partial charge on any atom is 0.149 e. The van der Waals surface area contributed by atoms with E-state index in [1.807, 2.05) is 24.4 Å². The minimum atomic E-state index is -0.150. The van der Waals surface area contributed by atoms with Gasteiger partial charge in [0.05, 0.1) is 22.1 Å². The first-order chi connectivity index (χ1) is 31.1. The van der Waals surface area contributed by atoms with Crippen LogP contribution in [0.3, 0.4) is 0 Å². The Labute approximate surface area is 392 Å². The molecule has 1 N–H and O–H groups in total. The summed E-state index contributed by atoms with van der Waals surface area (Å²) in [7, 11) is 0. The van der Waals surface area contributed by atoms with Gasteiger partial charge in [0, 0.05) is 28.4 Å². The average Bonchev–Trinajstić information content (AvgIpc) is 3.66. The summed E-state index contributed by atoms with van der Waals surface area (Å²) >= 11 is 0. The Bertz CT molecular complexity index is 3250. The molecule has 2 heterocycles. The number of aromatic nitrogens is 3. The molecule has 9 aromatic rings. The van der Waals surface area contributed by atoms with E-state index >= 15 is 0 Å².